The highest BCUT2D eigenvalue weighted by molar-refractivity contribution is 6.01. The van der Waals surface area contributed by atoms with E-state index in [-0.39, 0.29) is 18.2 Å². The third kappa shape index (κ3) is 3.42. The van der Waals surface area contributed by atoms with Gasteiger partial charge in [-0.25, -0.2) is 0 Å². The number of benzene rings is 1. The van der Waals surface area contributed by atoms with Crippen LogP contribution in [0.2, 0.25) is 0 Å². The number of aldehydes is 1. The van der Waals surface area contributed by atoms with Crippen LogP contribution in [0, 0.1) is 12.3 Å². The predicted molar refractivity (Wildman–Crippen MR) is 86.6 cm³/mol. The second-order valence-electron chi connectivity index (χ2n) is 5.45. The van der Waals surface area contributed by atoms with E-state index in [1.54, 1.807) is 11.0 Å². The van der Waals surface area contributed by atoms with Crippen molar-refractivity contribution in [3.05, 3.63) is 34.9 Å². The van der Waals surface area contributed by atoms with Crippen LogP contribution in [0.5, 0.6) is 0 Å². The van der Waals surface area contributed by atoms with Crippen LogP contribution < -0.4 is 5.32 Å². The number of rotatable bonds is 7. The molecule has 1 aliphatic heterocycles. The number of carbonyl (C=O) groups excluding carboxylic acids is 3. The van der Waals surface area contributed by atoms with Crippen molar-refractivity contribution in [2.24, 2.45) is 0 Å². The fourth-order valence-corrected chi connectivity index (χ4v) is 2.93. The maximum absolute atomic E-state index is 12.7. The molecule has 1 heterocycles. The lowest BCUT2D eigenvalue weighted by atomic mass is 10.00. The van der Waals surface area contributed by atoms with Crippen LogP contribution in [-0.2, 0) is 22.6 Å². The van der Waals surface area contributed by atoms with E-state index in [2.05, 4.69) is 11.2 Å². The minimum atomic E-state index is -0.634. The number of amides is 2. The van der Waals surface area contributed by atoms with Crippen molar-refractivity contribution < 1.29 is 14.4 Å². The molecule has 5 heteroatoms. The Labute approximate surface area is 136 Å². The van der Waals surface area contributed by atoms with Crippen molar-refractivity contribution in [2.75, 3.05) is 7.05 Å². The van der Waals surface area contributed by atoms with Gasteiger partial charge in [-0.3, -0.25) is 9.59 Å². The van der Waals surface area contributed by atoms with E-state index < -0.39 is 6.04 Å². The van der Waals surface area contributed by atoms with Crippen molar-refractivity contribution in [2.45, 2.75) is 38.3 Å². The smallest absolute Gasteiger partial charge is 0.255 e. The molecular weight excluding hydrogens is 292 g/mol. The predicted octanol–water partition coefficient (Wildman–Crippen LogP) is 1.30. The standard InChI is InChI=1S/C18H20N2O3/c1-3-4-7-13-8-5-9-14-15(13)12-20(18(14)23)16(10-6-11-21)17(22)19-2/h1,5,8-9,11,16H,4,6-7,10,12H2,2H3,(H,19,22). The molecule has 0 spiro atoms. The molecular formula is C18H20N2O3. The number of terminal acetylenes is 1. The summed E-state index contributed by atoms with van der Waals surface area (Å²) < 4.78 is 0. The minimum absolute atomic E-state index is 0.165. The van der Waals surface area contributed by atoms with E-state index >= 15 is 0 Å². The Morgan fingerprint density at radius 2 is 2.30 bits per heavy atom. The van der Waals surface area contributed by atoms with E-state index in [1.165, 1.54) is 7.05 Å². The molecule has 0 fully saturated rings. The molecule has 2 amide bonds. The molecule has 1 aliphatic rings. The highest BCUT2D eigenvalue weighted by Gasteiger charge is 2.36. The average Bonchev–Trinajstić information content (AvgIpc) is 2.90. The second-order valence-corrected chi connectivity index (χ2v) is 5.45. The van der Waals surface area contributed by atoms with Crippen LogP contribution >= 0.6 is 0 Å². The van der Waals surface area contributed by atoms with Gasteiger partial charge in [0.25, 0.3) is 5.91 Å². The Morgan fingerprint density at radius 1 is 1.52 bits per heavy atom. The Morgan fingerprint density at radius 3 is 2.96 bits per heavy atom. The van der Waals surface area contributed by atoms with Gasteiger partial charge >= 0.3 is 0 Å². The fraction of sp³-hybridized carbons (Fsp3) is 0.389. The molecule has 0 radical (unpaired) electrons. The molecule has 1 aromatic carbocycles. The summed E-state index contributed by atoms with van der Waals surface area (Å²) in [6.45, 7) is 0.381. The zero-order valence-electron chi connectivity index (χ0n) is 13.2. The van der Waals surface area contributed by atoms with Crippen molar-refractivity contribution in [3.63, 3.8) is 0 Å². The maximum Gasteiger partial charge on any atom is 0.255 e. The van der Waals surface area contributed by atoms with Gasteiger partial charge in [-0.1, -0.05) is 12.1 Å². The normalized spacial score (nSPS) is 14.1. The molecule has 0 aliphatic carbocycles. The van der Waals surface area contributed by atoms with Crippen molar-refractivity contribution in [1.29, 1.82) is 0 Å². The van der Waals surface area contributed by atoms with Gasteiger partial charge in [-0.05, 0) is 30.0 Å². The number of hydrogen-bond donors (Lipinski definition) is 1. The summed E-state index contributed by atoms with van der Waals surface area (Å²) >= 11 is 0. The number of fused-ring (bicyclic) bond motifs is 1. The van der Waals surface area contributed by atoms with Crippen LogP contribution in [-0.4, -0.2) is 36.1 Å². The highest BCUT2D eigenvalue weighted by Crippen LogP contribution is 2.29. The number of likely N-dealkylation sites (N-methyl/N-ethyl adjacent to an activating group) is 1. The topological polar surface area (TPSA) is 66.5 Å². The molecule has 0 aromatic heterocycles. The van der Waals surface area contributed by atoms with Gasteiger partial charge < -0.3 is 15.0 Å². The number of hydrogen-bond acceptors (Lipinski definition) is 3. The third-order valence-electron chi connectivity index (χ3n) is 4.11. The molecule has 0 bridgehead atoms. The number of aryl methyl sites for hydroxylation is 1. The SMILES string of the molecule is C#CCCc1cccc2c1CN(C(CCC=O)C(=O)NC)C2=O. The fourth-order valence-electron chi connectivity index (χ4n) is 2.93. The van der Waals surface area contributed by atoms with Crippen LogP contribution in [0.25, 0.3) is 0 Å². The first kappa shape index (κ1) is 16.8. The quantitative estimate of drug-likeness (QED) is 0.609. The van der Waals surface area contributed by atoms with E-state index in [9.17, 15) is 14.4 Å². The van der Waals surface area contributed by atoms with Crippen LogP contribution in [0.1, 0.15) is 40.7 Å². The lowest BCUT2D eigenvalue weighted by molar-refractivity contribution is -0.125. The van der Waals surface area contributed by atoms with E-state index in [0.717, 1.165) is 17.4 Å². The summed E-state index contributed by atoms with van der Waals surface area (Å²) in [5.74, 6) is 2.19. The summed E-state index contributed by atoms with van der Waals surface area (Å²) in [6, 6.07) is 4.95. The Hall–Kier alpha value is -2.61. The maximum atomic E-state index is 12.7. The highest BCUT2D eigenvalue weighted by atomic mass is 16.2. The summed E-state index contributed by atoms with van der Waals surface area (Å²) in [6.07, 6.45) is 7.96. The van der Waals surface area contributed by atoms with E-state index in [0.29, 0.717) is 31.4 Å². The van der Waals surface area contributed by atoms with E-state index in [4.69, 9.17) is 6.42 Å². The third-order valence-corrected chi connectivity index (χ3v) is 4.11. The molecule has 1 unspecified atom stereocenters. The first-order chi connectivity index (χ1) is 11.1. The summed E-state index contributed by atoms with van der Waals surface area (Å²) in [4.78, 5) is 37.0. The number of nitrogens with one attached hydrogen (secondary N) is 1. The van der Waals surface area contributed by atoms with Gasteiger partial charge in [0.1, 0.15) is 12.3 Å². The van der Waals surface area contributed by atoms with Gasteiger partial charge in [0.15, 0.2) is 0 Å². The molecule has 0 saturated carbocycles. The van der Waals surface area contributed by atoms with Crippen LogP contribution in [0.4, 0.5) is 0 Å². The number of carbonyl (C=O) groups is 3. The summed E-state index contributed by atoms with van der Waals surface area (Å²) in [5.41, 5.74) is 2.61. The molecule has 23 heavy (non-hydrogen) atoms. The minimum Gasteiger partial charge on any atom is -0.357 e. The van der Waals surface area contributed by atoms with Gasteiger partial charge in [-0.15, -0.1) is 12.3 Å². The molecule has 0 saturated heterocycles. The Balaban J connectivity index is 2.29. The zero-order valence-corrected chi connectivity index (χ0v) is 13.2. The largest absolute Gasteiger partial charge is 0.357 e. The van der Waals surface area contributed by atoms with Gasteiger partial charge in [0, 0.05) is 32.0 Å². The van der Waals surface area contributed by atoms with Gasteiger partial charge in [0.05, 0.1) is 0 Å². The van der Waals surface area contributed by atoms with Gasteiger partial charge in [-0.2, -0.15) is 0 Å². The average molecular weight is 312 g/mol. The van der Waals surface area contributed by atoms with Crippen LogP contribution in [0.15, 0.2) is 18.2 Å². The second kappa shape index (κ2) is 7.59. The molecule has 1 N–H and O–H groups in total. The zero-order chi connectivity index (χ0) is 16.8. The van der Waals surface area contributed by atoms with Crippen molar-refractivity contribution in [1.82, 2.24) is 10.2 Å². The summed E-state index contributed by atoms with van der Waals surface area (Å²) in [7, 11) is 1.53. The first-order valence-electron chi connectivity index (χ1n) is 7.64. The van der Waals surface area contributed by atoms with Crippen molar-refractivity contribution >= 4 is 18.1 Å². The van der Waals surface area contributed by atoms with E-state index in [1.807, 2.05) is 12.1 Å². The Kier molecular flexibility index (Phi) is 5.53. The molecule has 2 rings (SSSR count). The van der Waals surface area contributed by atoms with Crippen molar-refractivity contribution in [3.8, 4) is 12.3 Å². The van der Waals surface area contributed by atoms with Gasteiger partial charge in [0.2, 0.25) is 5.91 Å². The summed E-state index contributed by atoms with van der Waals surface area (Å²) in [5, 5.41) is 2.57. The lowest BCUT2D eigenvalue weighted by Gasteiger charge is -2.25. The van der Waals surface area contributed by atoms with Crippen LogP contribution in [0.3, 0.4) is 0 Å². The molecule has 120 valence electrons. The number of nitrogens with zero attached hydrogens (tertiary/aromatic N) is 1. The molecule has 5 nitrogen and oxygen atoms in total. The lowest BCUT2D eigenvalue weighted by Crippen LogP contribution is -2.46. The first-order valence-corrected chi connectivity index (χ1v) is 7.64. The Bertz CT molecular complexity index is 661. The monoisotopic (exact) mass is 312 g/mol. The molecule has 1 aromatic rings. The molecule has 1 atom stereocenters.